The van der Waals surface area contributed by atoms with Gasteiger partial charge in [-0.2, -0.15) is 0 Å². The summed E-state index contributed by atoms with van der Waals surface area (Å²) in [5, 5.41) is 3.11. The number of rotatable bonds is 4. The third-order valence-corrected chi connectivity index (χ3v) is 5.52. The quantitative estimate of drug-likeness (QED) is 0.938. The van der Waals surface area contributed by atoms with Crippen LogP contribution in [0.1, 0.15) is 35.2 Å². The summed E-state index contributed by atoms with van der Waals surface area (Å²) in [6, 6.07) is 16.1. The number of carbonyl (C=O) groups is 1. The molecule has 0 aliphatic heterocycles. The lowest BCUT2D eigenvalue weighted by Gasteiger charge is -2.43. The number of hydrogen-bond acceptors (Lipinski definition) is 3. The zero-order chi connectivity index (χ0) is 16.5. The molecular formula is C18H19NO3S. The van der Waals surface area contributed by atoms with E-state index in [0.717, 1.165) is 31.1 Å². The number of benzene rings is 2. The average molecular weight is 329 g/mol. The van der Waals surface area contributed by atoms with E-state index >= 15 is 0 Å². The van der Waals surface area contributed by atoms with Crippen molar-refractivity contribution in [2.75, 3.05) is 6.26 Å². The van der Waals surface area contributed by atoms with Gasteiger partial charge in [0, 0.05) is 11.8 Å². The van der Waals surface area contributed by atoms with Crippen LogP contribution in [0.15, 0.2) is 59.5 Å². The van der Waals surface area contributed by atoms with Crippen LogP contribution in [0, 0.1) is 0 Å². The molecule has 0 aromatic heterocycles. The summed E-state index contributed by atoms with van der Waals surface area (Å²) in [6.07, 6.45) is 4.00. The zero-order valence-corrected chi connectivity index (χ0v) is 13.8. The van der Waals surface area contributed by atoms with Gasteiger partial charge in [0.25, 0.3) is 5.91 Å². The van der Waals surface area contributed by atoms with E-state index in [2.05, 4.69) is 5.32 Å². The minimum absolute atomic E-state index is 0.160. The predicted molar refractivity (Wildman–Crippen MR) is 89.0 cm³/mol. The van der Waals surface area contributed by atoms with Crippen LogP contribution in [0.5, 0.6) is 0 Å². The number of amides is 1. The Morgan fingerprint density at radius 3 is 2.30 bits per heavy atom. The fourth-order valence-corrected chi connectivity index (χ4v) is 3.60. The van der Waals surface area contributed by atoms with Crippen LogP contribution in [0.25, 0.3) is 0 Å². The molecule has 120 valence electrons. The monoisotopic (exact) mass is 329 g/mol. The molecule has 1 fully saturated rings. The Balaban J connectivity index is 1.87. The van der Waals surface area contributed by atoms with Crippen LogP contribution in [0.3, 0.4) is 0 Å². The van der Waals surface area contributed by atoms with Crippen LogP contribution in [-0.4, -0.2) is 20.6 Å². The molecule has 0 saturated heterocycles. The van der Waals surface area contributed by atoms with Crippen LogP contribution < -0.4 is 5.32 Å². The van der Waals surface area contributed by atoms with Crippen molar-refractivity contribution in [3.8, 4) is 0 Å². The summed E-state index contributed by atoms with van der Waals surface area (Å²) >= 11 is 0. The molecule has 1 saturated carbocycles. The summed E-state index contributed by atoms with van der Waals surface area (Å²) in [5.41, 5.74) is 1.13. The Hall–Kier alpha value is -2.14. The highest BCUT2D eigenvalue weighted by molar-refractivity contribution is 7.90. The molecule has 0 bridgehead atoms. The van der Waals surface area contributed by atoms with Crippen molar-refractivity contribution in [1.82, 2.24) is 5.32 Å². The molecule has 2 aromatic rings. The molecule has 0 unspecified atom stereocenters. The molecule has 5 heteroatoms. The van der Waals surface area contributed by atoms with Crippen LogP contribution >= 0.6 is 0 Å². The normalized spacial score (nSPS) is 16.4. The van der Waals surface area contributed by atoms with Gasteiger partial charge < -0.3 is 5.32 Å². The van der Waals surface area contributed by atoms with Crippen molar-refractivity contribution in [2.24, 2.45) is 0 Å². The topological polar surface area (TPSA) is 63.2 Å². The Morgan fingerprint density at radius 1 is 1.04 bits per heavy atom. The molecular weight excluding hydrogens is 310 g/mol. The lowest BCUT2D eigenvalue weighted by atomic mass is 9.71. The van der Waals surface area contributed by atoms with Crippen LogP contribution in [0.2, 0.25) is 0 Å². The predicted octanol–water partition coefficient (Wildman–Crippen LogP) is 2.90. The SMILES string of the molecule is CS(=O)(=O)c1cccc(C(=O)NC2(c3ccccc3)CCC2)c1. The number of carbonyl (C=O) groups excluding carboxylic acids is 1. The van der Waals surface area contributed by atoms with Crippen molar-refractivity contribution < 1.29 is 13.2 Å². The molecule has 1 aliphatic carbocycles. The molecule has 0 spiro atoms. The first-order valence-electron chi connectivity index (χ1n) is 7.59. The van der Waals surface area contributed by atoms with Crippen LogP contribution in [0.4, 0.5) is 0 Å². The van der Waals surface area contributed by atoms with Gasteiger partial charge in [-0.25, -0.2) is 8.42 Å². The fraction of sp³-hybridized carbons (Fsp3) is 0.278. The van der Waals surface area contributed by atoms with Crippen molar-refractivity contribution in [3.63, 3.8) is 0 Å². The number of nitrogens with one attached hydrogen (secondary N) is 1. The maximum atomic E-state index is 12.6. The third-order valence-electron chi connectivity index (χ3n) is 4.41. The first-order chi connectivity index (χ1) is 10.9. The molecule has 0 atom stereocenters. The average Bonchev–Trinajstić information content (AvgIpc) is 2.51. The van der Waals surface area contributed by atoms with Crippen molar-refractivity contribution in [1.29, 1.82) is 0 Å². The molecule has 4 nitrogen and oxygen atoms in total. The Labute approximate surface area is 136 Å². The largest absolute Gasteiger partial charge is 0.343 e. The summed E-state index contributed by atoms with van der Waals surface area (Å²) in [4.78, 5) is 12.8. The van der Waals surface area contributed by atoms with E-state index in [0.29, 0.717) is 5.56 Å². The fourth-order valence-electron chi connectivity index (χ4n) is 2.93. The Morgan fingerprint density at radius 2 is 1.74 bits per heavy atom. The van der Waals surface area contributed by atoms with E-state index in [1.807, 2.05) is 30.3 Å². The zero-order valence-electron chi connectivity index (χ0n) is 13.0. The van der Waals surface area contributed by atoms with Crippen molar-refractivity contribution >= 4 is 15.7 Å². The van der Waals surface area contributed by atoms with Gasteiger partial charge >= 0.3 is 0 Å². The van der Waals surface area contributed by atoms with Gasteiger partial charge in [-0.05, 0) is 43.0 Å². The molecule has 2 aromatic carbocycles. The highest BCUT2D eigenvalue weighted by atomic mass is 32.2. The molecule has 1 N–H and O–H groups in total. The van der Waals surface area contributed by atoms with Crippen LogP contribution in [-0.2, 0) is 15.4 Å². The summed E-state index contributed by atoms with van der Waals surface area (Å²) in [5.74, 6) is -0.237. The van der Waals surface area contributed by atoms with Crippen molar-refractivity contribution in [3.05, 3.63) is 65.7 Å². The highest BCUT2D eigenvalue weighted by Crippen LogP contribution is 2.41. The lowest BCUT2D eigenvalue weighted by molar-refractivity contribution is 0.0823. The van der Waals surface area contributed by atoms with E-state index in [1.165, 1.54) is 12.1 Å². The maximum absolute atomic E-state index is 12.6. The van der Waals surface area contributed by atoms with E-state index < -0.39 is 9.84 Å². The molecule has 0 radical (unpaired) electrons. The molecule has 1 aliphatic rings. The second-order valence-electron chi connectivity index (χ2n) is 6.06. The molecule has 1 amide bonds. The van der Waals surface area contributed by atoms with Gasteiger partial charge in [0.05, 0.1) is 10.4 Å². The minimum atomic E-state index is -3.33. The van der Waals surface area contributed by atoms with Crippen molar-refractivity contribution in [2.45, 2.75) is 29.7 Å². The Bertz CT molecular complexity index is 824. The van der Waals surface area contributed by atoms with E-state index in [1.54, 1.807) is 12.1 Å². The first kappa shape index (κ1) is 15.7. The van der Waals surface area contributed by atoms with Gasteiger partial charge in [0.15, 0.2) is 9.84 Å². The van der Waals surface area contributed by atoms with Gasteiger partial charge in [-0.15, -0.1) is 0 Å². The van der Waals surface area contributed by atoms with E-state index in [9.17, 15) is 13.2 Å². The standard InChI is InChI=1S/C18H19NO3S/c1-23(21,22)16-10-5-7-14(13-16)17(20)19-18(11-6-12-18)15-8-3-2-4-9-15/h2-5,7-10,13H,6,11-12H2,1H3,(H,19,20). The highest BCUT2D eigenvalue weighted by Gasteiger charge is 2.40. The lowest BCUT2D eigenvalue weighted by Crippen LogP contribution is -2.50. The third kappa shape index (κ3) is 3.15. The van der Waals surface area contributed by atoms with E-state index in [4.69, 9.17) is 0 Å². The smallest absolute Gasteiger partial charge is 0.252 e. The molecule has 23 heavy (non-hydrogen) atoms. The van der Waals surface area contributed by atoms with Gasteiger partial charge in [0.2, 0.25) is 0 Å². The minimum Gasteiger partial charge on any atom is -0.343 e. The summed E-state index contributed by atoms with van der Waals surface area (Å²) in [7, 11) is -3.33. The molecule has 0 heterocycles. The number of hydrogen-bond donors (Lipinski definition) is 1. The maximum Gasteiger partial charge on any atom is 0.252 e. The van der Waals surface area contributed by atoms with Gasteiger partial charge in [-0.3, -0.25) is 4.79 Å². The first-order valence-corrected chi connectivity index (χ1v) is 9.48. The number of sulfone groups is 1. The van der Waals surface area contributed by atoms with Gasteiger partial charge in [0.1, 0.15) is 0 Å². The van der Waals surface area contributed by atoms with E-state index in [-0.39, 0.29) is 16.3 Å². The summed E-state index contributed by atoms with van der Waals surface area (Å²) in [6.45, 7) is 0. The second-order valence-corrected chi connectivity index (χ2v) is 8.07. The second kappa shape index (κ2) is 5.81. The molecule has 3 rings (SSSR count). The Kier molecular flexibility index (Phi) is 3.98. The van der Waals surface area contributed by atoms with Gasteiger partial charge in [-0.1, -0.05) is 36.4 Å². The summed E-state index contributed by atoms with van der Waals surface area (Å²) < 4.78 is 23.3.